The number of carboxylic acids is 1. The van der Waals surface area contributed by atoms with Gasteiger partial charge in [0.1, 0.15) is 6.61 Å². The molecule has 0 aromatic carbocycles. The average molecular weight is 462 g/mol. The number of hydrogen-bond donors (Lipinski definition) is 1. The van der Waals surface area contributed by atoms with Gasteiger partial charge in [0.2, 0.25) is 0 Å². The topological polar surface area (TPSA) is 83.5 Å². The fraction of sp³-hybridized carbons (Fsp3) is 0.938. The van der Waals surface area contributed by atoms with E-state index in [1.807, 2.05) is 0 Å². The van der Waals surface area contributed by atoms with Crippen molar-refractivity contribution in [3.8, 4) is 0 Å². The standard InChI is InChI=1S/C16H31IO7/c17-5-3-1-2-4-6-20-7-8-21-9-10-22-11-12-23-13-14-24-15-16(18)19/h1-15H2,(H,18,19). The van der Waals surface area contributed by atoms with Gasteiger partial charge in [-0.25, -0.2) is 4.79 Å². The summed E-state index contributed by atoms with van der Waals surface area (Å²) in [6.07, 6.45) is 4.96. The quantitative estimate of drug-likeness (QED) is 0.169. The highest BCUT2D eigenvalue weighted by Crippen LogP contribution is 2.02. The van der Waals surface area contributed by atoms with Crippen molar-refractivity contribution in [2.75, 3.05) is 70.5 Å². The highest BCUT2D eigenvalue weighted by molar-refractivity contribution is 14.1. The van der Waals surface area contributed by atoms with Crippen LogP contribution in [0.2, 0.25) is 0 Å². The Kier molecular flexibility index (Phi) is 21.0. The molecule has 7 nitrogen and oxygen atoms in total. The minimum atomic E-state index is -0.976. The Labute approximate surface area is 158 Å². The molecule has 0 spiro atoms. The number of ether oxygens (including phenoxy) is 5. The van der Waals surface area contributed by atoms with Crippen LogP contribution in [0, 0.1) is 0 Å². The molecular weight excluding hydrogens is 431 g/mol. The molecule has 0 aliphatic heterocycles. The minimum Gasteiger partial charge on any atom is -0.480 e. The lowest BCUT2D eigenvalue weighted by atomic mass is 10.2. The third-order valence-electron chi connectivity index (χ3n) is 2.89. The van der Waals surface area contributed by atoms with E-state index in [0.717, 1.165) is 13.0 Å². The molecule has 0 saturated heterocycles. The number of hydrogen-bond acceptors (Lipinski definition) is 6. The summed E-state index contributed by atoms with van der Waals surface area (Å²) in [5.74, 6) is -0.976. The minimum absolute atomic E-state index is 0.272. The van der Waals surface area contributed by atoms with Crippen LogP contribution in [0.4, 0.5) is 0 Å². The van der Waals surface area contributed by atoms with Gasteiger partial charge < -0.3 is 28.8 Å². The summed E-state index contributed by atoms with van der Waals surface area (Å²) in [5.41, 5.74) is 0. The fourth-order valence-corrected chi connectivity index (χ4v) is 2.23. The number of carboxylic acid groups (broad SMARTS) is 1. The summed E-state index contributed by atoms with van der Waals surface area (Å²) in [7, 11) is 0. The zero-order chi connectivity index (χ0) is 17.7. The lowest BCUT2D eigenvalue weighted by molar-refractivity contribution is -0.142. The lowest BCUT2D eigenvalue weighted by Crippen LogP contribution is -2.14. The fourth-order valence-electron chi connectivity index (χ4n) is 1.69. The molecule has 8 heteroatoms. The predicted molar refractivity (Wildman–Crippen MR) is 99.1 cm³/mol. The Morgan fingerprint density at radius 1 is 0.625 bits per heavy atom. The van der Waals surface area contributed by atoms with Crippen molar-refractivity contribution in [2.45, 2.75) is 25.7 Å². The van der Waals surface area contributed by atoms with E-state index in [0.29, 0.717) is 46.2 Å². The third-order valence-corrected chi connectivity index (χ3v) is 3.65. The molecule has 0 aliphatic carbocycles. The normalized spacial score (nSPS) is 11.0. The predicted octanol–water partition coefficient (Wildman–Crippen LogP) is 2.15. The van der Waals surface area contributed by atoms with Crippen LogP contribution in [0.1, 0.15) is 25.7 Å². The second-order valence-electron chi connectivity index (χ2n) is 5.00. The van der Waals surface area contributed by atoms with Crippen molar-refractivity contribution >= 4 is 28.6 Å². The molecule has 0 aromatic heterocycles. The van der Waals surface area contributed by atoms with Crippen LogP contribution in [0.3, 0.4) is 0 Å². The number of rotatable bonds is 20. The first kappa shape index (κ1) is 24.0. The van der Waals surface area contributed by atoms with Gasteiger partial charge in [0.15, 0.2) is 0 Å². The summed E-state index contributed by atoms with van der Waals surface area (Å²) in [4.78, 5) is 10.2. The Bertz CT molecular complexity index is 267. The molecule has 24 heavy (non-hydrogen) atoms. The van der Waals surface area contributed by atoms with Gasteiger partial charge in [0, 0.05) is 6.61 Å². The summed E-state index contributed by atoms with van der Waals surface area (Å²) in [5, 5.41) is 8.35. The maximum Gasteiger partial charge on any atom is 0.329 e. The molecule has 144 valence electrons. The van der Waals surface area contributed by atoms with Gasteiger partial charge in [-0.05, 0) is 17.3 Å². The number of aliphatic carboxylic acids is 1. The third kappa shape index (κ3) is 22.0. The van der Waals surface area contributed by atoms with E-state index in [1.165, 1.54) is 23.7 Å². The van der Waals surface area contributed by atoms with Crippen molar-refractivity contribution in [1.29, 1.82) is 0 Å². The smallest absolute Gasteiger partial charge is 0.329 e. The van der Waals surface area contributed by atoms with Crippen molar-refractivity contribution in [2.24, 2.45) is 0 Å². The van der Waals surface area contributed by atoms with E-state index in [2.05, 4.69) is 22.6 Å². The molecule has 0 fully saturated rings. The Morgan fingerprint density at radius 2 is 1.04 bits per heavy atom. The van der Waals surface area contributed by atoms with E-state index in [-0.39, 0.29) is 13.2 Å². The van der Waals surface area contributed by atoms with E-state index >= 15 is 0 Å². The van der Waals surface area contributed by atoms with Crippen LogP contribution in [0.5, 0.6) is 0 Å². The molecule has 0 aliphatic rings. The van der Waals surface area contributed by atoms with Crippen LogP contribution >= 0.6 is 22.6 Å². The average Bonchev–Trinajstić information content (AvgIpc) is 2.56. The van der Waals surface area contributed by atoms with E-state index in [1.54, 1.807) is 0 Å². The molecule has 1 N–H and O–H groups in total. The molecule has 0 heterocycles. The lowest BCUT2D eigenvalue weighted by Gasteiger charge is -2.07. The van der Waals surface area contributed by atoms with Gasteiger partial charge in [-0.2, -0.15) is 0 Å². The number of unbranched alkanes of at least 4 members (excludes halogenated alkanes) is 3. The van der Waals surface area contributed by atoms with Crippen LogP contribution in [0.15, 0.2) is 0 Å². The zero-order valence-electron chi connectivity index (χ0n) is 14.4. The zero-order valence-corrected chi connectivity index (χ0v) is 16.5. The summed E-state index contributed by atoms with van der Waals surface area (Å²) >= 11 is 2.41. The summed E-state index contributed by atoms with van der Waals surface area (Å²) in [6.45, 7) is 4.38. The maximum absolute atomic E-state index is 10.2. The first-order valence-electron chi connectivity index (χ1n) is 8.44. The van der Waals surface area contributed by atoms with Gasteiger partial charge >= 0.3 is 5.97 Å². The maximum atomic E-state index is 10.2. The monoisotopic (exact) mass is 462 g/mol. The molecule has 0 atom stereocenters. The molecular formula is C16H31IO7. The molecule has 0 aromatic rings. The summed E-state index contributed by atoms with van der Waals surface area (Å²) < 4.78 is 27.5. The molecule has 0 unspecified atom stereocenters. The Morgan fingerprint density at radius 3 is 1.50 bits per heavy atom. The highest BCUT2D eigenvalue weighted by Gasteiger charge is 1.96. The van der Waals surface area contributed by atoms with E-state index in [4.69, 9.17) is 28.8 Å². The summed E-state index contributed by atoms with van der Waals surface area (Å²) in [6, 6.07) is 0. The first-order valence-corrected chi connectivity index (χ1v) is 9.96. The van der Waals surface area contributed by atoms with Gasteiger partial charge in [0.05, 0.1) is 52.9 Å². The SMILES string of the molecule is O=C(O)COCCOCCOCCOCCOCCCCCCI. The van der Waals surface area contributed by atoms with Gasteiger partial charge in [-0.1, -0.05) is 35.4 Å². The van der Waals surface area contributed by atoms with E-state index < -0.39 is 5.97 Å². The Hall–Kier alpha value is -0.000000000000000222. The first-order chi connectivity index (χ1) is 11.8. The van der Waals surface area contributed by atoms with Gasteiger partial charge in [-0.3, -0.25) is 0 Å². The number of alkyl halides is 1. The second kappa shape index (κ2) is 21.0. The van der Waals surface area contributed by atoms with Crippen molar-refractivity contribution in [1.82, 2.24) is 0 Å². The van der Waals surface area contributed by atoms with Crippen molar-refractivity contribution in [3.05, 3.63) is 0 Å². The van der Waals surface area contributed by atoms with Crippen molar-refractivity contribution in [3.63, 3.8) is 0 Å². The number of carbonyl (C=O) groups is 1. The Balaban J connectivity index is 2.97. The largest absolute Gasteiger partial charge is 0.480 e. The van der Waals surface area contributed by atoms with Crippen molar-refractivity contribution < 1.29 is 33.6 Å². The number of halogens is 1. The van der Waals surface area contributed by atoms with Gasteiger partial charge in [0.25, 0.3) is 0 Å². The molecule has 0 radical (unpaired) electrons. The molecule has 0 saturated carbocycles. The van der Waals surface area contributed by atoms with Crippen LogP contribution < -0.4 is 0 Å². The van der Waals surface area contributed by atoms with Crippen LogP contribution in [-0.4, -0.2) is 81.6 Å². The molecule has 0 bridgehead atoms. The molecule has 0 amide bonds. The van der Waals surface area contributed by atoms with E-state index in [9.17, 15) is 4.79 Å². The second-order valence-corrected chi connectivity index (χ2v) is 6.08. The van der Waals surface area contributed by atoms with Crippen LogP contribution in [-0.2, 0) is 28.5 Å². The highest BCUT2D eigenvalue weighted by atomic mass is 127. The van der Waals surface area contributed by atoms with Gasteiger partial charge in [-0.15, -0.1) is 0 Å². The van der Waals surface area contributed by atoms with Crippen LogP contribution in [0.25, 0.3) is 0 Å². The molecule has 0 rings (SSSR count).